The Balaban J connectivity index is -0.000000209. The van der Waals surface area contributed by atoms with Crippen LogP contribution in [0.4, 0.5) is 0 Å². The van der Waals surface area contributed by atoms with Crippen molar-refractivity contribution in [3.63, 3.8) is 0 Å². The van der Waals surface area contributed by atoms with E-state index in [2.05, 4.69) is 25.2 Å². The van der Waals surface area contributed by atoms with Gasteiger partial charge in [-0.2, -0.15) is 0 Å². The molecule has 0 unspecified atom stereocenters. The van der Waals surface area contributed by atoms with Crippen LogP contribution >= 0.6 is 0 Å². The van der Waals surface area contributed by atoms with E-state index in [9.17, 15) is 15.3 Å². The molecular weight excluding hydrogens is 288 g/mol. The molecule has 117 valence electrons. The molecule has 0 bridgehead atoms. The molecule has 0 aliphatic heterocycles. The summed E-state index contributed by atoms with van der Waals surface area (Å²) in [6.45, 7) is 11.9. The Morgan fingerprint density at radius 2 is 1.30 bits per heavy atom. The van der Waals surface area contributed by atoms with Crippen molar-refractivity contribution in [2.75, 3.05) is 0 Å². The first-order chi connectivity index (χ1) is 9.13. The van der Waals surface area contributed by atoms with Crippen molar-refractivity contribution in [1.29, 1.82) is 0 Å². The van der Waals surface area contributed by atoms with E-state index in [1.807, 2.05) is 0 Å². The van der Waals surface area contributed by atoms with Gasteiger partial charge in [0.2, 0.25) is 0 Å². The molecule has 0 aromatic carbocycles. The maximum absolute atomic E-state index is 9.53. The van der Waals surface area contributed by atoms with Crippen LogP contribution < -0.4 is 15.3 Å². The molecule has 0 amide bonds. The minimum absolute atomic E-state index is 0.306. The summed E-state index contributed by atoms with van der Waals surface area (Å²) in [5.41, 5.74) is 0. The van der Waals surface area contributed by atoms with Gasteiger partial charge >= 0.3 is 59.3 Å². The molecule has 0 radical (unpaired) electrons. The number of hydrogen-bond donors (Lipinski definition) is 0. The number of rotatable bonds is 2. The first-order valence-electron chi connectivity index (χ1n) is 7.20. The Hall–Kier alpha value is 0.0743. The standard InChI is InChI=1S/C5H5.3C3H7O.C2H5.Ti/c1-2-4-5-3-1;3*1-3(2)4;1-2;/h1-3H,4H2;3*3H,1-2H3;1H2,2H3;/q;3*-1;;+3. The second kappa shape index (κ2) is 19.1. The van der Waals surface area contributed by atoms with Crippen LogP contribution in [0.1, 0.15) is 54.9 Å². The average Bonchev–Trinajstić information content (AvgIpc) is 2.68. The fourth-order valence-electron chi connectivity index (χ4n) is 0.805. The van der Waals surface area contributed by atoms with Gasteiger partial charge < -0.3 is 15.3 Å². The van der Waals surface area contributed by atoms with Gasteiger partial charge in [0.1, 0.15) is 0 Å². The van der Waals surface area contributed by atoms with E-state index in [1.54, 1.807) is 45.4 Å². The van der Waals surface area contributed by atoms with Gasteiger partial charge in [-0.25, -0.2) is 0 Å². The van der Waals surface area contributed by atoms with Gasteiger partial charge in [-0.1, -0.05) is 41.5 Å². The monoisotopic (exact) mass is 319 g/mol. The molecule has 0 aromatic heterocycles. The van der Waals surface area contributed by atoms with Crippen molar-refractivity contribution >= 4 is 0 Å². The summed E-state index contributed by atoms with van der Waals surface area (Å²) < 4.78 is 3.13. The zero-order chi connectivity index (χ0) is 16.6. The van der Waals surface area contributed by atoms with E-state index in [0.29, 0.717) is 19.2 Å². The molecule has 0 atom stereocenters. The summed E-state index contributed by atoms with van der Waals surface area (Å²) in [7, 11) is 0. The summed E-state index contributed by atoms with van der Waals surface area (Å²) >= 11 is 0.306. The average molecular weight is 319 g/mol. The normalized spacial score (nSPS) is 11.8. The van der Waals surface area contributed by atoms with Gasteiger partial charge in [0, 0.05) is 0 Å². The van der Waals surface area contributed by atoms with Crippen molar-refractivity contribution in [1.82, 2.24) is 0 Å². The van der Waals surface area contributed by atoms with Crippen LogP contribution in [0.3, 0.4) is 0 Å². The third-order valence-electron chi connectivity index (χ3n) is 1.18. The summed E-state index contributed by atoms with van der Waals surface area (Å²) in [5, 5.41) is 28.6. The van der Waals surface area contributed by atoms with Crippen LogP contribution in [-0.2, 0) is 19.2 Å². The van der Waals surface area contributed by atoms with E-state index in [0.717, 1.165) is 0 Å². The molecule has 0 fully saturated rings. The van der Waals surface area contributed by atoms with Gasteiger partial charge in [-0.3, -0.25) is 0 Å². The van der Waals surface area contributed by atoms with Gasteiger partial charge in [0.15, 0.2) is 0 Å². The molecule has 3 nitrogen and oxygen atoms in total. The Morgan fingerprint density at radius 3 is 1.50 bits per heavy atom. The summed E-state index contributed by atoms with van der Waals surface area (Å²) in [6.07, 6.45) is 6.71. The number of allylic oxidation sites excluding steroid dienone is 4. The van der Waals surface area contributed by atoms with E-state index in [-0.39, 0.29) is 0 Å². The summed E-state index contributed by atoms with van der Waals surface area (Å²) in [6, 6.07) is 0. The predicted molar refractivity (Wildman–Crippen MR) is 77.7 cm³/mol. The zero-order valence-electron chi connectivity index (χ0n) is 14.1. The van der Waals surface area contributed by atoms with Crippen LogP contribution in [-0.4, -0.2) is 18.3 Å². The van der Waals surface area contributed by atoms with E-state index >= 15 is 0 Å². The molecule has 4 heteroatoms. The Morgan fingerprint density at radius 1 is 0.950 bits per heavy atom. The van der Waals surface area contributed by atoms with E-state index in [4.69, 9.17) is 0 Å². The summed E-state index contributed by atoms with van der Waals surface area (Å²) in [4.78, 5) is 0. The molecule has 1 rings (SSSR count). The fraction of sp³-hybridized carbons (Fsp3) is 0.750. The molecule has 0 heterocycles. The molecule has 0 spiro atoms. The van der Waals surface area contributed by atoms with Crippen molar-refractivity contribution < 1.29 is 34.5 Å². The first-order valence-corrected chi connectivity index (χ1v) is 9.08. The molecule has 1 aliphatic carbocycles. The van der Waals surface area contributed by atoms with Gasteiger partial charge in [0.25, 0.3) is 0 Å². The van der Waals surface area contributed by atoms with E-state index < -0.39 is 18.3 Å². The van der Waals surface area contributed by atoms with E-state index in [1.165, 1.54) is 11.1 Å². The van der Waals surface area contributed by atoms with Crippen LogP contribution in [0.15, 0.2) is 22.1 Å². The van der Waals surface area contributed by atoms with Gasteiger partial charge in [-0.05, 0) is 0 Å². The molecule has 20 heavy (non-hydrogen) atoms. The Bertz CT molecular complexity index is 211. The Kier molecular flexibility index (Phi) is 23.9. The van der Waals surface area contributed by atoms with Crippen LogP contribution in [0.2, 0.25) is 4.73 Å². The minimum atomic E-state index is -0.417. The third-order valence-corrected chi connectivity index (χ3v) is 3.02. The number of hydrogen-bond acceptors (Lipinski definition) is 3. The molecular formula is C16H31O3Ti. The Labute approximate surface area is 134 Å². The second-order valence-electron chi connectivity index (χ2n) is 5.00. The molecule has 0 saturated carbocycles. The van der Waals surface area contributed by atoms with Crippen LogP contribution in [0.5, 0.6) is 0 Å². The first kappa shape index (κ1) is 25.1. The molecule has 0 saturated heterocycles. The van der Waals surface area contributed by atoms with Gasteiger partial charge in [-0.15, -0.1) is 18.3 Å². The second-order valence-corrected chi connectivity index (χ2v) is 7.66. The van der Waals surface area contributed by atoms with Gasteiger partial charge in [0.05, 0.1) is 0 Å². The van der Waals surface area contributed by atoms with Crippen molar-refractivity contribution in [2.45, 2.75) is 77.9 Å². The molecule has 0 aromatic rings. The van der Waals surface area contributed by atoms with Crippen molar-refractivity contribution in [3.05, 3.63) is 22.1 Å². The summed E-state index contributed by atoms with van der Waals surface area (Å²) in [5.74, 6) is 0. The van der Waals surface area contributed by atoms with Crippen LogP contribution in [0, 0.1) is 0 Å². The predicted octanol–water partition coefficient (Wildman–Crippen LogP) is 1.62. The SMILES string of the molecule is CC(C)[O-].CC(C)[O-].CC(C)[O-].C[CH2][Ti+3][C]1=CC=CC1. The third kappa shape index (κ3) is 51.9. The topological polar surface area (TPSA) is 69.2 Å². The van der Waals surface area contributed by atoms with Crippen molar-refractivity contribution in [3.8, 4) is 0 Å². The van der Waals surface area contributed by atoms with Crippen LogP contribution in [0.25, 0.3) is 0 Å². The zero-order valence-corrected chi connectivity index (χ0v) is 15.7. The fourth-order valence-corrected chi connectivity index (χ4v) is 2.26. The van der Waals surface area contributed by atoms with Crippen molar-refractivity contribution in [2.24, 2.45) is 0 Å². The molecule has 0 N–H and O–H groups in total. The maximum atomic E-state index is 9.53. The molecule has 1 aliphatic rings. The quantitative estimate of drug-likeness (QED) is 0.726.